The molecule has 4 heterocycles. The number of rotatable bonds is 2. The molecule has 4 N–H and O–H groups in total. The zero-order chi connectivity index (χ0) is 25.6. The average molecular weight is 497 g/mol. The summed E-state index contributed by atoms with van der Waals surface area (Å²) in [4.78, 5) is 41.7. The van der Waals surface area contributed by atoms with Crippen LogP contribution in [0, 0.1) is 0 Å². The summed E-state index contributed by atoms with van der Waals surface area (Å²) in [5.41, 5.74) is 3.88. The van der Waals surface area contributed by atoms with Crippen LogP contribution < -0.4 is 10.6 Å². The lowest BCUT2D eigenvalue weighted by atomic mass is 9.96. The van der Waals surface area contributed by atoms with E-state index in [-0.39, 0.29) is 5.91 Å². The normalized spacial score (nSPS) is 23.8. The molecule has 0 aliphatic carbocycles. The maximum Gasteiger partial charge on any atom is 0.259 e. The number of ether oxygens (including phenoxy) is 1. The molecule has 9 heteroatoms. The third-order valence-electron chi connectivity index (χ3n) is 7.68. The largest absolute Gasteiger partial charge is 0.388 e. The topological polar surface area (TPSA) is 125 Å². The molecule has 0 unspecified atom stereocenters. The van der Waals surface area contributed by atoms with Crippen LogP contribution in [-0.4, -0.2) is 50.6 Å². The molecule has 37 heavy (non-hydrogen) atoms. The highest BCUT2D eigenvalue weighted by Gasteiger charge is 2.40. The minimum Gasteiger partial charge on any atom is -0.388 e. The van der Waals surface area contributed by atoms with E-state index in [0.717, 1.165) is 32.8 Å². The molecule has 0 bridgehead atoms. The summed E-state index contributed by atoms with van der Waals surface area (Å²) < 4.78 is 8.38. The smallest absolute Gasteiger partial charge is 0.259 e. The van der Waals surface area contributed by atoms with Gasteiger partial charge in [-0.2, -0.15) is 0 Å². The van der Waals surface area contributed by atoms with Crippen LogP contribution in [0.2, 0.25) is 0 Å². The van der Waals surface area contributed by atoms with Gasteiger partial charge in [0.2, 0.25) is 5.91 Å². The van der Waals surface area contributed by atoms with Gasteiger partial charge in [-0.15, -0.1) is 0 Å². The monoisotopic (exact) mass is 496 g/mol. The lowest BCUT2D eigenvalue weighted by Gasteiger charge is -2.39. The highest BCUT2D eigenvalue weighted by molar-refractivity contribution is 6.39. The van der Waals surface area contributed by atoms with Crippen LogP contribution in [-0.2, 0) is 9.53 Å². The van der Waals surface area contributed by atoms with Crippen molar-refractivity contribution in [3.05, 3.63) is 59.7 Å². The van der Waals surface area contributed by atoms with Crippen LogP contribution in [0.3, 0.4) is 0 Å². The number of fused-ring (bicyclic) bond motifs is 10. The van der Waals surface area contributed by atoms with Gasteiger partial charge in [-0.25, -0.2) is 0 Å². The van der Waals surface area contributed by atoms with Gasteiger partial charge in [-0.05, 0) is 19.1 Å². The molecule has 9 nitrogen and oxygen atoms in total. The molecule has 2 aliphatic rings. The Hall–Kier alpha value is -4.21. The van der Waals surface area contributed by atoms with E-state index in [4.69, 9.17) is 4.74 Å². The van der Waals surface area contributed by atoms with Crippen LogP contribution in [0.5, 0.6) is 0 Å². The zero-order valence-electron chi connectivity index (χ0n) is 20.2. The summed E-state index contributed by atoms with van der Waals surface area (Å²) in [6.07, 6.45) is -1.65. The molecule has 2 aliphatic heterocycles. The zero-order valence-corrected chi connectivity index (χ0v) is 20.2. The van der Waals surface area contributed by atoms with E-state index in [1.165, 1.54) is 6.92 Å². The molecule has 5 aromatic rings. The summed E-state index contributed by atoms with van der Waals surface area (Å²) in [5.74, 6) is -1.07. The summed E-state index contributed by atoms with van der Waals surface area (Å²) in [7, 11) is 0. The number of aliphatic hydroxyl groups excluding tert-OH is 1. The second-order valence-electron chi connectivity index (χ2n) is 9.89. The highest BCUT2D eigenvalue weighted by Crippen LogP contribution is 2.45. The Morgan fingerprint density at radius 3 is 2.46 bits per heavy atom. The van der Waals surface area contributed by atoms with Crippen molar-refractivity contribution in [2.24, 2.45) is 0 Å². The number of H-pyrrole nitrogens is 1. The molecule has 3 amide bonds. The fourth-order valence-corrected chi connectivity index (χ4v) is 6.21. The average Bonchev–Trinajstić information content (AvgIpc) is 3.50. The summed E-state index contributed by atoms with van der Waals surface area (Å²) in [5, 5.41) is 19.1. The summed E-state index contributed by atoms with van der Waals surface area (Å²) in [6.45, 7) is 3.21. The Kier molecular flexibility index (Phi) is 4.55. The number of aromatic nitrogens is 2. The number of benzene rings is 3. The lowest BCUT2D eigenvalue weighted by Crippen LogP contribution is -2.53. The third-order valence-corrected chi connectivity index (χ3v) is 7.68. The number of aliphatic hydroxyl groups is 1. The fourth-order valence-electron chi connectivity index (χ4n) is 6.21. The van der Waals surface area contributed by atoms with E-state index in [0.29, 0.717) is 28.3 Å². The molecule has 7 rings (SSSR count). The first-order chi connectivity index (χ1) is 17.8. The van der Waals surface area contributed by atoms with E-state index in [1.54, 1.807) is 6.92 Å². The minimum atomic E-state index is -0.867. The number of nitrogens with one attached hydrogen (secondary N) is 3. The van der Waals surface area contributed by atoms with Crippen molar-refractivity contribution in [2.45, 2.75) is 44.7 Å². The fraction of sp³-hybridized carbons (Fsp3) is 0.250. The van der Waals surface area contributed by atoms with Gasteiger partial charge in [0.25, 0.3) is 11.8 Å². The molecular formula is C28H24N4O5. The Morgan fingerprint density at radius 2 is 1.70 bits per heavy atom. The van der Waals surface area contributed by atoms with Crippen molar-refractivity contribution < 1.29 is 24.2 Å². The van der Waals surface area contributed by atoms with E-state index >= 15 is 0 Å². The first-order valence-corrected chi connectivity index (χ1v) is 12.3. The second kappa shape index (κ2) is 7.64. The first kappa shape index (κ1) is 22.0. The third kappa shape index (κ3) is 2.95. The standard InChI is InChI=1S/C28H24N4O5/c1-12-26(34)17(29-13(2)33)11-19(37-12)32-18-10-6-4-8-15(18)21-23-22(27(35)31-28(23)36)20-14-7-3-5-9-16(14)30-24(20)25(21)32/h3-10,12,17,19,26,30,34H,11H2,1-2H3,(H,29,33)(H,31,35,36)/t12-,17+,19+,26-/m0/s1. The van der Waals surface area contributed by atoms with Gasteiger partial charge >= 0.3 is 0 Å². The van der Waals surface area contributed by atoms with Crippen molar-refractivity contribution in [2.75, 3.05) is 0 Å². The van der Waals surface area contributed by atoms with Gasteiger partial charge in [0, 0.05) is 40.4 Å². The Balaban J connectivity index is 1.63. The highest BCUT2D eigenvalue weighted by atomic mass is 16.5. The molecule has 1 fully saturated rings. The van der Waals surface area contributed by atoms with Crippen LogP contribution in [0.15, 0.2) is 48.5 Å². The number of hydrogen-bond donors (Lipinski definition) is 4. The van der Waals surface area contributed by atoms with Crippen LogP contribution >= 0.6 is 0 Å². The minimum absolute atomic E-state index is 0.231. The second-order valence-corrected chi connectivity index (χ2v) is 9.89. The molecule has 186 valence electrons. The molecule has 0 radical (unpaired) electrons. The number of imide groups is 1. The predicted molar refractivity (Wildman–Crippen MR) is 138 cm³/mol. The van der Waals surface area contributed by atoms with Gasteiger partial charge in [-0.3, -0.25) is 19.7 Å². The Labute approximate surface area is 210 Å². The SMILES string of the molecule is CC(=O)N[C@@H]1C[C@H](n2c3ccccc3c3c4c(c5c6ccccc6[nH]c5c32)C(=O)NC4=O)O[C@@H](C)[C@@H]1O. The Bertz CT molecular complexity index is 1820. The van der Waals surface area contributed by atoms with Gasteiger partial charge in [0.15, 0.2) is 0 Å². The number of carbonyl (C=O) groups is 3. The molecule has 2 aromatic heterocycles. The summed E-state index contributed by atoms with van der Waals surface area (Å²) in [6, 6.07) is 14.9. The van der Waals surface area contributed by atoms with Crippen LogP contribution in [0.4, 0.5) is 0 Å². The maximum atomic E-state index is 13.2. The van der Waals surface area contributed by atoms with Gasteiger partial charge in [0.05, 0.1) is 39.8 Å². The molecule has 4 atom stereocenters. The van der Waals surface area contributed by atoms with Gasteiger partial charge in [-0.1, -0.05) is 36.4 Å². The quantitative estimate of drug-likeness (QED) is 0.279. The summed E-state index contributed by atoms with van der Waals surface area (Å²) >= 11 is 0. The van der Waals surface area contributed by atoms with Crippen molar-refractivity contribution in [3.8, 4) is 0 Å². The molecule has 0 spiro atoms. The molecular weight excluding hydrogens is 472 g/mol. The number of para-hydroxylation sites is 2. The van der Waals surface area contributed by atoms with Crippen LogP contribution in [0.1, 0.15) is 47.2 Å². The number of nitrogens with zero attached hydrogens (tertiary/aromatic N) is 1. The molecule has 0 saturated carbocycles. The number of aromatic amines is 1. The van der Waals surface area contributed by atoms with Gasteiger partial charge in [0.1, 0.15) is 12.3 Å². The first-order valence-electron chi connectivity index (χ1n) is 12.3. The van der Waals surface area contributed by atoms with E-state index in [9.17, 15) is 19.5 Å². The van der Waals surface area contributed by atoms with E-state index < -0.39 is 36.3 Å². The van der Waals surface area contributed by atoms with E-state index in [1.807, 2.05) is 53.1 Å². The van der Waals surface area contributed by atoms with Crippen molar-refractivity contribution >= 4 is 61.3 Å². The maximum absolute atomic E-state index is 13.2. The number of hydrogen-bond acceptors (Lipinski definition) is 5. The van der Waals surface area contributed by atoms with Crippen molar-refractivity contribution in [1.29, 1.82) is 0 Å². The Morgan fingerprint density at radius 1 is 1.03 bits per heavy atom. The predicted octanol–water partition coefficient (Wildman–Crippen LogP) is 3.49. The van der Waals surface area contributed by atoms with Crippen LogP contribution in [0.25, 0.3) is 43.6 Å². The van der Waals surface area contributed by atoms with Gasteiger partial charge < -0.3 is 24.7 Å². The molecule has 1 saturated heterocycles. The van der Waals surface area contributed by atoms with Crippen molar-refractivity contribution in [3.63, 3.8) is 0 Å². The van der Waals surface area contributed by atoms with E-state index in [2.05, 4.69) is 15.6 Å². The van der Waals surface area contributed by atoms with Crippen molar-refractivity contribution in [1.82, 2.24) is 20.2 Å². The molecule has 3 aromatic carbocycles. The number of amides is 3. The number of carbonyl (C=O) groups excluding carboxylic acids is 3. The lowest BCUT2D eigenvalue weighted by molar-refractivity contribution is -0.152.